The lowest BCUT2D eigenvalue weighted by Gasteiger charge is -2.14. The second kappa shape index (κ2) is 16.6. The Bertz CT molecular complexity index is 4900. The summed E-state index contributed by atoms with van der Waals surface area (Å²) in [5.41, 5.74) is 16.0. The van der Waals surface area contributed by atoms with E-state index in [-0.39, 0.29) is 0 Å². The lowest BCUT2D eigenvalue weighted by molar-refractivity contribution is 1.07. The summed E-state index contributed by atoms with van der Waals surface area (Å²) in [6, 6.07) is 93.3. The number of para-hydroxylation sites is 6. The van der Waals surface area contributed by atoms with Crippen molar-refractivity contribution in [3.05, 3.63) is 261 Å². The first-order valence-electron chi connectivity index (χ1n) is 25.8. The lowest BCUT2D eigenvalue weighted by atomic mass is 10.0. The van der Waals surface area contributed by atoms with E-state index in [1.165, 1.54) is 32.6 Å². The second-order valence-corrected chi connectivity index (χ2v) is 19.5. The summed E-state index contributed by atoms with van der Waals surface area (Å²) in [5, 5.41) is 9.30. The molecule has 16 aromatic rings. The molecular weight excluding hydrogens is 927 g/mol. The van der Waals surface area contributed by atoms with E-state index >= 15 is 0 Å². The Labute approximate surface area is 436 Å². The predicted octanol–water partition coefficient (Wildman–Crippen LogP) is 17.3. The van der Waals surface area contributed by atoms with Crippen LogP contribution >= 0.6 is 0 Å². The van der Waals surface area contributed by atoms with Gasteiger partial charge in [0.05, 0.1) is 44.1 Å². The average molecular weight is 970 g/mol. The highest BCUT2D eigenvalue weighted by molar-refractivity contribution is 6.30. The number of hydrogen-bond donors (Lipinski definition) is 0. The Kier molecular flexibility index (Phi) is 9.20. The summed E-state index contributed by atoms with van der Waals surface area (Å²) in [6.45, 7) is 0. The lowest BCUT2D eigenvalue weighted by Crippen LogP contribution is -2.02. The average Bonchev–Trinajstić information content (AvgIpc) is 4.38. The third kappa shape index (κ3) is 6.20. The van der Waals surface area contributed by atoms with Crippen molar-refractivity contribution in [1.82, 2.24) is 33.2 Å². The molecule has 0 atom stereocenters. The van der Waals surface area contributed by atoms with E-state index in [9.17, 15) is 0 Å². The van der Waals surface area contributed by atoms with E-state index in [4.69, 9.17) is 15.0 Å². The fourth-order valence-electron chi connectivity index (χ4n) is 12.2. The van der Waals surface area contributed by atoms with Crippen LogP contribution in [0.5, 0.6) is 0 Å². The molecule has 0 fully saturated rings. The zero-order valence-electron chi connectivity index (χ0n) is 41.0. The summed E-state index contributed by atoms with van der Waals surface area (Å²) < 4.78 is 9.79. The monoisotopic (exact) mass is 969 g/mol. The molecule has 5 heterocycles. The van der Waals surface area contributed by atoms with E-state index in [1.807, 2.05) is 36.4 Å². The van der Waals surface area contributed by atoms with Gasteiger partial charge < -0.3 is 18.3 Å². The third-order valence-electron chi connectivity index (χ3n) is 15.4. The Hall–Kier alpha value is -10.4. The smallest absolute Gasteiger partial charge is 0.166 e. The minimum atomic E-state index is 0.593. The molecule has 0 aliphatic carbocycles. The van der Waals surface area contributed by atoms with Crippen molar-refractivity contribution >= 4 is 87.2 Å². The predicted molar refractivity (Wildman–Crippen MR) is 313 cm³/mol. The molecule has 0 amide bonds. The van der Waals surface area contributed by atoms with Gasteiger partial charge in [-0.25, -0.2) is 15.0 Å². The highest BCUT2D eigenvalue weighted by atomic mass is 15.1. The molecule has 16 rings (SSSR count). The topological polar surface area (TPSA) is 58.4 Å². The van der Waals surface area contributed by atoms with Gasteiger partial charge in [-0.15, -0.1) is 0 Å². The van der Waals surface area contributed by atoms with Gasteiger partial charge >= 0.3 is 0 Å². The number of nitrogens with zero attached hydrogens (tertiary/aromatic N) is 7. The van der Waals surface area contributed by atoms with E-state index in [0.717, 1.165) is 94.1 Å². The van der Waals surface area contributed by atoms with Crippen molar-refractivity contribution < 1.29 is 0 Å². The van der Waals surface area contributed by atoms with Crippen LogP contribution in [-0.2, 0) is 0 Å². The van der Waals surface area contributed by atoms with Gasteiger partial charge in [-0.3, -0.25) is 0 Å². The van der Waals surface area contributed by atoms with Crippen LogP contribution in [0.2, 0.25) is 0 Å². The molecule has 0 unspecified atom stereocenters. The van der Waals surface area contributed by atoms with Crippen LogP contribution in [0, 0.1) is 0 Å². The van der Waals surface area contributed by atoms with Gasteiger partial charge in [0.1, 0.15) is 0 Å². The Balaban J connectivity index is 1.08. The number of benzene rings is 11. The normalized spacial score (nSPS) is 11.9. The van der Waals surface area contributed by atoms with E-state index < -0.39 is 0 Å². The molecule has 11 aromatic carbocycles. The molecule has 354 valence electrons. The first kappa shape index (κ1) is 42.2. The summed E-state index contributed by atoms with van der Waals surface area (Å²) in [4.78, 5) is 16.1. The van der Waals surface area contributed by atoms with Gasteiger partial charge in [0.25, 0.3) is 0 Å². The van der Waals surface area contributed by atoms with Crippen LogP contribution in [-0.4, -0.2) is 33.2 Å². The molecular formula is C69H43N7. The standard InChI is InChI=1S/C69H43N7/c1-6-22-44(23-7-1)67-70-68(45-24-8-2-9-25-45)72-69(71-67)56-43-55-54-42-49(76-57-35-19-16-32-50(57)51-39-41-61-62(64(51)76)52-33-17-20-36-58(52)73(61)46-26-10-3-11-27-46)38-40-60(54)75(48-30-14-5-15-31-48)65(55)63-53-34-18-21-37-59(53)74(66(56)63)47-28-12-4-13-29-47/h1-43H. The Morgan fingerprint density at radius 3 is 1.22 bits per heavy atom. The third-order valence-corrected chi connectivity index (χ3v) is 15.4. The molecule has 0 radical (unpaired) electrons. The van der Waals surface area contributed by atoms with Crippen LogP contribution < -0.4 is 0 Å². The van der Waals surface area contributed by atoms with Crippen molar-refractivity contribution in [3.63, 3.8) is 0 Å². The Morgan fingerprint density at radius 2 is 0.632 bits per heavy atom. The van der Waals surface area contributed by atoms with Crippen molar-refractivity contribution in [2.75, 3.05) is 0 Å². The van der Waals surface area contributed by atoms with Gasteiger partial charge in [-0.05, 0) is 84.9 Å². The first-order valence-corrected chi connectivity index (χ1v) is 25.8. The first-order chi connectivity index (χ1) is 37.7. The fourth-order valence-corrected chi connectivity index (χ4v) is 12.2. The van der Waals surface area contributed by atoms with Crippen LogP contribution in [0.25, 0.3) is 144 Å². The van der Waals surface area contributed by atoms with Gasteiger partial charge in [0, 0.05) is 82.5 Å². The minimum Gasteiger partial charge on any atom is -0.309 e. The van der Waals surface area contributed by atoms with Gasteiger partial charge in [-0.2, -0.15) is 0 Å². The van der Waals surface area contributed by atoms with Crippen molar-refractivity contribution in [3.8, 4) is 56.9 Å². The second-order valence-electron chi connectivity index (χ2n) is 19.5. The van der Waals surface area contributed by atoms with Gasteiger partial charge in [-0.1, -0.05) is 176 Å². The van der Waals surface area contributed by atoms with Crippen LogP contribution in [0.3, 0.4) is 0 Å². The number of rotatable bonds is 7. The maximum atomic E-state index is 5.46. The highest BCUT2D eigenvalue weighted by Crippen LogP contribution is 2.48. The van der Waals surface area contributed by atoms with Crippen LogP contribution in [0.1, 0.15) is 0 Å². The quantitative estimate of drug-likeness (QED) is 0.160. The zero-order valence-corrected chi connectivity index (χ0v) is 41.0. The molecule has 0 saturated carbocycles. The number of aromatic nitrogens is 7. The van der Waals surface area contributed by atoms with Crippen LogP contribution in [0.4, 0.5) is 0 Å². The zero-order chi connectivity index (χ0) is 49.8. The summed E-state index contributed by atoms with van der Waals surface area (Å²) >= 11 is 0. The molecule has 5 aromatic heterocycles. The number of hydrogen-bond acceptors (Lipinski definition) is 3. The highest BCUT2D eigenvalue weighted by Gasteiger charge is 2.28. The van der Waals surface area contributed by atoms with E-state index in [2.05, 4.69) is 243 Å². The maximum absolute atomic E-state index is 5.46. The molecule has 7 nitrogen and oxygen atoms in total. The summed E-state index contributed by atoms with van der Waals surface area (Å²) in [5.74, 6) is 1.82. The fraction of sp³-hybridized carbons (Fsp3) is 0. The molecule has 0 N–H and O–H groups in total. The largest absolute Gasteiger partial charge is 0.309 e. The molecule has 0 bridgehead atoms. The minimum absolute atomic E-state index is 0.593. The SMILES string of the molecule is c1ccc(-c2nc(-c3ccccc3)nc(-c3cc4c5cc(-n6c7ccccc7c7ccc8c(c9ccccc9n8-c8ccccc8)c76)ccc5n(-c5ccccc5)c4c4c5ccccc5n(-c5ccccc5)c34)n2)cc1. The number of fused-ring (bicyclic) bond motifs is 14. The molecule has 0 spiro atoms. The van der Waals surface area contributed by atoms with E-state index in [1.54, 1.807) is 0 Å². The van der Waals surface area contributed by atoms with Gasteiger partial charge in [0.15, 0.2) is 17.5 Å². The van der Waals surface area contributed by atoms with Crippen LogP contribution in [0.15, 0.2) is 261 Å². The summed E-state index contributed by atoms with van der Waals surface area (Å²) in [7, 11) is 0. The maximum Gasteiger partial charge on any atom is 0.166 e. The van der Waals surface area contributed by atoms with Crippen molar-refractivity contribution in [2.24, 2.45) is 0 Å². The van der Waals surface area contributed by atoms with E-state index in [0.29, 0.717) is 17.5 Å². The molecule has 7 heteroatoms. The van der Waals surface area contributed by atoms with Crippen molar-refractivity contribution in [1.29, 1.82) is 0 Å². The summed E-state index contributed by atoms with van der Waals surface area (Å²) in [6.07, 6.45) is 0. The molecule has 0 saturated heterocycles. The Morgan fingerprint density at radius 1 is 0.224 bits per heavy atom. The van der Waals surface area contributed by atoms with Crippen molar-refractivity contribution in [2.45, 2.75) is 0 Å². The molecule has 0 aliphatic heterocycles. The molecule has 0 aliphatic rings. The van der Waals surface area contributed by atoms with Gasteiger partial charge in [0.2, 0.25) is 0 Å². The molecule has 76 heavy (non-hydrogen) atoms.